The van der Waals surface area contributed by atoms with E-state index >= 15 is 0 Å². The zero-order chi connectivity index (χ0) is 10.6. The summed E-state index contributed by atoms with van der Waals surface area (Å²) in [4.78, 5) is 0.0856. The molecule has 0 bridgehead atoms. The molecule has 4 nitrogen and oxygen atoms in total. The normalized spacial score (nSPS) is 11.2. The monoisotopic (exact) mass is 213 g/mol. The zero-order valence-electron chi connectivity index (χ0n) is 7.51. The summed E-state index contributed by atoms with van der Waals surface area (Å²) in [6.45, 7) is 3.54. The van der Waals surface area contributed by atoms with Crippen LogP contribution in [0.4, 0.5) is 0 Å². The maximum Gasteiger partial charge on any atom is 0.312 e. The number of hydrogen-bond donors (Lipinski definition) is 1. The van der Waals surface area contributed by atoms with Gasteiger partial charge in [0.2, 0.25) is 0 Å². The molecule has 0 spiro atoms. The predicted molar refractivity (Wildman–Crippen MR) is 52.8 cm³/mol. The number of hydrogen-bond acceptors (Lipinski definition) is 4. The number of rotatable bonds is 4. The van der Waals surface area contributed by atoms with Gasteiger partial charge >= 0.3 is 10.1 Å². The van der Waals surface area contributed by atoms with Gasteiger partial charge in [0.25, 0.3) is 0 Å². The molecule has 0 aliphatic carbocycles. The van der Waals surface area contributed by atoms with Crippen molar-refractivity contribution in [2.75, 3.05) is 0 Å². The van der Waals surface area contributed by atoms with E-state index < -0.39 is 10.1 Å². The van der Waals surface area contributed by atoms with E-state index in [2.05, 4.69) is 16.8 Å². The van der Waals surface area contributed by atoms with Crippen LogP contribution in [0.2, 0.25) is 0 Å². The van der Waals surface area contributed by atoms with Crippen molar-refractivity contribution in [2.24, 2.45) is 5.90 Å². The Bertz CT molecular complexity index is 425. The molecule has 0 saturated carbocycles. The average Bonchev–Trinajstić information content (AvgIpc) is 2.19. The summed E-state index contributed by atoms with van der Waals surface area (Å²) in [5, 5.41) is 0. The molecular formula is C9H11NO3S. The average molecular weight is 213 g/mol. The van der Waals surface area contributed by atoms with E-state index in [4.69, 9.17) is 0 Å². The van der Waals surface area contributed by atoms with E-state index in [0.29, 0.717) is 12.0 Å². The highest BCUT2D eigenvalue weighted by atomic mass is 32.2. The maximum absolute atomic E-state index is 11.3. The molecule has 1 aromatic rings. The summed E-state index contributed by atoms with van der Waals surface area (Å²) in [5.74, 6) is 4.69. The molecule has 5 heteroatoms. The first-order valence-corrected chi connectivity index (χ1v) is 5.35. The first-order valence-electron chi connectivity index (χ1n) is 3.94. The van der Waals surface area contributed by atoms with E-state index in [-0.39, 0.29) is 4.90 Å². The molecule has 2 N–H and O–H groups in total. The van der Waals surface area contributed by atoms with Crippen LogP contribution in [0.1, 0.15) is 5.56 Å². The van der Waals surface area contributed by atoms with Gasteiger partial charge in [0.05, 0.1) is 4.90 Å². The van der Waals surface area contributed by atoms with Crippen molar-refractivity contribution >= 4 is 10.1 Å². The molecular weight excluding hydrogens is 202 g/mol. The minimum atomic E-state index is -3.82. The zero-order valence-corrected chi connectivity index (χ0v) is 8.33. The fraction of sp³-hybridized carbons (Fsp3) is 0.111. The van der Waals surface area contributed by atoms with E-state index in [1.807, 2.05) is 0 Å². The van der Waals surface area contributed by atoms with Crippen LogP contribution in [0, 0.1) is 0 Å². The Labute approximate surface area is 83.1 Å². The molecule has 0 aromatic heterocycles. The molecule has 0 aliphatic heterocycles. The third-order valence-electron chi connectivity index (χ3n) is 1.73. The molecule has 0 fully saturated rings. The lowest BCUT2D eigenvalue weighted by atomic mass is 10.1. The van der Waals surface area contributed by atoms with Gasteiger partial charge in [-0.3, -0.25) is 0 Å². The third-order valence-corrected chi connectivity index (χ3v) is 2.92. The van der Waals surface area contributed by atoms with Gasteiger partial charge < -0.3 is 0 Å². The summed E-state index contributed by atoms with van der Waals surface area (Å²) >= 11 is 0. The van der Waals surface area contributed by atoms with E-state index in [9.17, 15) is 8.42 Å². The highest BCUT2D eigenvalue weighted by Crippen LogP contribution is 2.17. The second kappa shape index (κ2) is 4.36. The fourth-order valence-corrected chi connectivity index (χ4v) is 1.95. The van der Waals surface area contributed by atoms with Crippen LogP contribution in [-0.4, -0.2) is 8.42 Å². The lowest BCUT2D eigenvalue weighted by Crippen LogP contribution is -2.13. The van der Waals surface area contributed by atoms with Gasteiger partial charge in [-0.25, -0.2) is 0 Å². The second-order valence-electron chi connectivity index (χ2n) is 2.65. The first kappa shape index (κ1) is 10.9. The van der Waals surface area contributed by atoms with Crippen LogP contribution in [0.15, 0.2) is 41.8 Å². The summed E-state index contributed by atoms with van der Waals surface area (Å²) in [5.41, 5.74) is 0.618. The van der Waals surface area contributed by atoms with Gasteiger partial charge in [-0.15, -0.1) is 6.58 Å². The van der Waals surface area contributed by atoms with Crippen LogP contribution < -0.4 is 5.90 Å². The van der Waals surface area contributed by atoms with Gasteiger partial charge in [-0.1, -0.05) is 24.3 Å². The Balaban J connectivity index is 3.26. The van der Waals surface area contributed by atoms with E-state index in [1.54, 1.807) is 24.3 Å². The van der Waals surface area contributed by atoms with Gasteiger partial charge in [-0.2, -0.15) is 18.6 Å². The van der Waals surface area contributed by atoms with Gasteiger partial charge in [0.1, 0.15) is 0 Å². The quantitative estimate of drug-likeness (QED) is 0.598. The summed E-state index contributed by atoms with van der Waals surface area (Å²) in [7, 11) is -3.82. The Morgan fingerprint density at radius 1 is 1.43 bits per heavy atom. The highest BCUT2D eigenvalue weighted by Gasteiger charge is 2.16. The van der Waals surface area contributed by atoms with Gasteiger partial charge in [-0.05, 0) is 18.1 Å². The van der Waals surface area contributed by atoms with Crippen molar-refractivity contribution in [1.82, 2.24) is 0 Å². The molecule has 1 rings (SSSR count). The molecule has 0 aliphatic rings. The minimum absolute atomic E-state index is 0.0856. The Kier molecular flexibility index (Phi) is 3.40. The summed E-state index contributed by atoms with van der Waals surface area (Å²) in [6, 6.07) is 6.49. The molecule has 1 aromatic carbocycles. The van der Waals surface area contributed by atoms with Crippen molar-refractivity contribution in [3.05, 3.63) is 42.5 Å². The Hall–Kier alpha value is -1.17. The third kappa shape index (κ3) is 2.20. The van der Waals surface area contributed by atoms with Crippen LogP contribution >= 0.6 is 0 Å². The van der Waals surface area contributed by atoms with Crippen LogP contribution in [-0.2, 0) is 20.8 Å². The molecule has 0 saturated heterocycles. The van der Waals surface area contributed by atoms with Crippen molar-refractivity contribution < 1.29 is 12.7 Å². The topological polar surface area (TPSA) is 69.4 Å². The predicted octanol–water partition coefficient (Wildman–Crippen LogP) is 0.994. The Morgan fingerprint density at radius 3 is 2.64 bits per heavy atom. The van der Waals surface area contributed by atoms with Crippen molar-refractivity contribution in [3.63, 3.8) is 0 Å². The number of allylic oxidation sites excluding steroid dienone is 1. The summed E-state index contributed by atoms with van der Waals surface area (Å²) < 4.78 is 26.6. The SMILES string of the molecule is C=CCc1ccccc1S(=O)(=O)ON. The van der Waals surface area contributed by atoms with Crippen LogP contribution in [0.5, 0.6) is 0 Å². The first-order chi connectivity index (χ1) is 6.61. The summed E-state index contributed by atoms with van der Waals surface area (Å²) in [6.07, 6.45) is 2.07. The standard InChI is InChI=1S/C9H11NO3S/c1-2-5-8-6-3-4-7-9(8)14(11,12)13-10/h2-4,6-7H,1,5,10H2. The van der Waals surface area contributed by atoms with Crippen molar-refractivity contribution in [2.45, 2.75) is 11.3 Å². The largest absolute Gasteiger partial charge is 0.312 e. The van der Waals surface area contributed by atoms with Gasteiger partial charge in [0, 0.05) is 0 Å². The molecule has 14 heavy (non-hydrogen) atoms. The molecule has 76 valence electrons. The number of nitrogens with two attached hydrogens (primary N) is 1. The van der Waals surface area contributed by atoms with Crippen molar-refractivity contribution in [1.29, 1.82) is 0 Å². The van der Waals surface area contributed by atoms with E-state index in [1.165, 1.54) is 6.07 Å². The van der Waals surface area contributed by atoms with Crippen LogP contribution in [0.25, 0.3) is 0 Å². The lowest BCUT2D eigenvalue weighted by Gasteiger charge is -2.05. The lowest BCUT2D eigenvalue weighted by molar-refractivity contribution is 0.332. The maximum atomic E-state index is 11.3. The molecule has 0 radical (unpaired) electrons. The van der Waals surface area contributed by atoms with Gasteiger partial charge in [0.15, 0.2) is 0 Å². The fourth-order valence-electron chi connectivity index (χ4n) is 1.12. The van der Waals surface area contributed by atoms with E-state index in [0.717, 1.165) is 0 Å². The van der Waals surface area contributed by atoms with Crippen LogP contribution in [0.3, 0.4) is 0 Å². The minimum Gasteiger partial charge on any atom is -0.197 e. The molecule has 0 heterocycles. The molecule has 0 unspecified atom stereocenters. The Morgan fingerprint density at radius 2 is 2.07 bits per heavy atom. The van der Waals surface area contributed by atoms with Crippen molar-refractivity contribution in [3.8, 4) is 0 Å². The second-order valence-corrected chi connectivity index (χ2v) is 4.19. The molecule has 0 amide bonds. The number of benzene rings is 1. The smallest absolute Gasteiger partial charge is 0.197 e. The molecule has 0 atom stereocenters. The highest BCUT2D eigenvalue weighted by molar-refractivity contribution is 7.86.